The van der Waals surface area contributed by atoms with Crippen LogP contribution < -0.4 is 10.1 Å². The lowest BCUT2D eigenvalue weighted by Crippen LogP contribution is -2.51. The van der Waals surface area contributed by atoms with Crippen molar-refractivity contribution in [3.8, 4) is 5.75 Å². The van der Waals surface area contributed by atoms with Gasteiger partial charge in [-0.15, -0.1) is 0 Å². The number of ether oxygens (including phenoxy) is 1. The van der Waals surface area contributed by atoms with Crippen LogP contribution in [0.1, 0.15) is 30.0 Å². The highest BCUT2D eigenvalue weighted by Gasteiger charge is 2.30. The lowest BCUT2D eigenvalue weighted by Gasteiger charge is -2.31. The van der Waals surface area contributed by atoms with E-state index in [1.54, 1.807) is 29.2 Å². The van der Waals surface area contributed by atoms with E-state index < -0.39 is 6.04 Å². The number of aryl methyl sites for hydroxylation is 1. The smallest absolute Gasteiger partial charge is 0.261 e. The van der Waals surface area contributed by atoms with E-state index in [0.29, 0.717) is 30.3 Å². The van der Waals surface area contributed by atoms with Gasteiger partial charge in [0, 0.05) is 24.5 Å². The lowest BCUT2D eigenvalue weighted by molar-refractivity contribution is -0.142. The van der Waals surface area contributed by atoms with E-state index in [9.17, 15) is 9.59 Å². The van der Waals surface area contributed by atoms with Gasteiger partial charge in [-0.2, -0.15) is 0 Å². The number of nitrogens with zero attached hydrogens (tertiary/aromatic N) is 1. The normalized spacial score (nSPS) is 11.5. The van der Waals surface area contributed by atoms with Crippen LogP contribution in [0.2, 0.25) is 5.02 Å². The molecule has 3 rings (SSSR count). The molecule has 178 valence electrons. The van der Waals surface area contributed by atoms with Crippen molar-refractivity contribution >= 4 is 23.4 Å². The molecule has 34 heavy (non-hydrogen) atoms. The molecule has 1 atom stereocenters. The summed E-state index contributed by atoms with van der Waals surface area (Å²) in [6.07, 6.45) is 1.23. The Morgan fingerprint density at radius 3 is 2.26 bits per heavy atom. The van der Waals surface area contributed by atoms with Crippen molar-refractivity contribution in [2.75, 3.05) is 13.2 Å². The Balaban J connectivity index is 1.87. The standard InChI is InChI=1S/C28H31ClN2O3/c1-3-17-30-28(33)26(18-22-7-5-4-6-8-22)31(19-23-11-9-21(2)10-12-23)27(32)20-34-25-15-13-24(29)14-16-25/h4-16,26H,3,17-20H2,1-2H3,(H,30,33). The highest BCUT2D eigenvalue weighted by molar-refractivity contribution is 6.30. The lowest BCUT2D eigenvalue weighted by atomic mass is 10.0. The van der Waals surface area contributed by atoms with Gasteiger partial charge >= 0.3 is 0 Å². The van der Waals surface area contributed by atoms with Crippen molar-refractivity contribution in [3.63, 3.8) is 0 Å². The number of hydrogen-bond acceptors (Lipinski definition) is 3. The highest BCUT2D eigenvalue weighted by Crippen LogP contribution is 2.18. The van der Waals surface area contributed by atoms with Crippen LogP contribution in [0.25, 0.3) is 0 Å². The average Bonchev–Trinajstić information content (AvgIpc) is 2.86. The zero-order valence-corrected chi connectivity index (χ0v) is 20.4. The van der Waals surface area contributed by atoms with Crippen LogP contribution in [0.4, 0.5) is 0 Å². The number of carbonyl (C=O) groups is 2. The van der Waals surface area contributed by atoms with Crippen LogP contribution in [0.5, 0.6) is 5.75 Å². The van der Waals surface area contributed by atoms with Gasteiger partial charge in [-0.3, -0.25) is 9.59 Å². The number of carbonyl (C=O) groups excluding carboxylic acids is 2. The average molecular weight is 479 g/mol. The predicted octanol–water partition coefficient (Wildman–Crippen LogP) is 5.19. The first kappa shape index (κ1) is 25.3. The van der Waals surface area contributed by atoms with Crippen molar-refractivity contribution in [1.82, 2.24) is 10.2 Å². The maximum atomic E-state index is 13.5. The summed E-state index contributed by atoms with van der Waals surface area (Å²) < 4.78 is 5.74. The zero-order valence-electron chi connectivity index (χ0n) is 19.7. The van der Waals surface area contributed by atoms with Crippen LogP contribution in [0.15, 0.2) is 78.9 Å². The molecule has 0 radical (unpaired) electrons. The molecule has 3 aromatic rings. The third kappa shape index (κ3) is 7.63. The molecular formula is C28H31ClN2O3. The summed E-state index contributed by atoms with van der Waals surface area (Å²) in [5, 5.41) is 3.57. The highest BCUT2D eigenvalue weighted by atomic mass is 35.5. The Labute approximate surface area is 206 Å². The molecule has 0 saturated carbocycles. The monoisotopic (exact) mass is 478 g/mol. The second-order valence-electron chi connectivity index (χ2n) is 8.25. The van der Waals surface area contributed by atoms with Crippen molar-refractivity contribution in [2.24, 2.45) is 0 Å². The fraction of sp³-hybridized carbons (Fsp3) is 0.286. The third-order valence-corrected chi connectivity index (χ3v) is 5.72. The van der Waals surface area contributed by atoms with Gasteiger partial charge in [-0.1, -0.05) is 78.7 Å². The summed E-state index contributed by atoms with van der Waals surface area (Å²) >= 11 is 5.95. The Morgan fingerprint density at radius 1 is 0.941 bits per heavy atom. The molecule has 1 unspecified atom stereocenters. The number of rotatable bonds is 11. The molecule has 0 aliphatic carbocycles. The first-order valence-electron chi connectivity index (χ1n) is 11.5. The molecule has 0 fully saturated rings. The predicted molar refractivity (Wildman–Crippen MR) is 136 cm³/mol. The van der Waals surface area contributed by atoms with Gasteiger partial charge in [0.15, 0.2) is 6.61 Å². The summed E-state index contributed by atoms with van der Waals surface area (Å²) in [5.41, 5.74) is 3.07. The molecule has 1 N–H and O–H groups in total. The Hall–Kier alpha value is -3.31. The number of benzene rings is 3. The number of nitrogens with one attached hydrogen (secondary N) is 1. The molecule has 6 heteroatoms. The molecule has 5 nitrogen and oxygen atoms in total. The number of hydrogen-bond donors (Lipinski definition) is 1. The Kier molecular flexibility index (Phi) is 9.53. The Morgan fingerprint density at radius 2 is 1.62 bits per heavy atom. The zero-order chi connectivity index (χ0) is 24.3. The van der Waals surface area contributed by atoms with Crippen LogP contribution in [0, 0.1) is 6.92 Å². The minimum absolute atomic E-state index is 0.169. The fourth-order valence-electron chi connectivity index (χ4n) is 3.57. The minimum atomic E-state index is -0.670. The molecule has 0 saturated heterocycles. The summed E-state index contributed by atoms with van der Waals surface area (Å²) in [6.45, 7) is 4.70. The van der Waals surface area contributed by atoms with Crippen molar-refractivity contribution in [1.29, 1.82) is 0 Å². The van der Waals surface area contributed by atoms with Crippen LogP contribution in [0.3, 0.4) is 0 Å². The largest absolute Gasteiger partial charge is 0.484 e. The van der Waals surface area contributed by atoms with Crippen LogP contribution in [-0.2, 0) is 22.6 Å². The van der Waals surface area contributed by atoms with E-state index in [1.165, 1.54) is 0 Å². The van der Waals surface area contributed by atoms with Gasteiger partial charge in [-0.05, 0) is 48.7 Å². The fourth-order valence-corrected chi connectivity index (χ4v) is 3.69. The van der Waals surface area contributed by atoms with E-state index in [1.807, 2.05) is 68.4 Å². The molecular weight excluding hydrogens is 448 g/mol. The topological polar surface area (TPSA) is 58.6 Å². The molecule has 0 aliphatic rings. The van der Waals surface area contributed by atoms with E-state index in [0.717, 1.165) is 23.1 Å². The molecule has 0 bridgehead atoms. The maximum absolute atomic E-state index is 13.5. The molecule has 0 aliphatic heterocycles. The van der Waals surface area contributed by atoms with Crippen molar-refractivity contribution < 1.29 is 14.3 Å². The van der Waals surface area contributed by atoms with Gasteiger partial charge in [0.05, 0.1) is 0 Å². The van der Waals surface area contributed by atoms with Crippen LogP contribution in [-0.4, -0.2) is 35.9 Å². The first-order chi connectivity index (χ1) is 16.5. The second kappa shape index (κ2) is 12.8. The van der Waals surface area contributed by atoms with Crippen molar-refractivity contribution in [2.45, 2.75) is 39.3 Å². The second-order valence-corrected chi connectivity index (χ2v) is 8.68. The first-order valence-corrected chi connectivity index (χ1v) is 11.9. The maximum Gasteiger partial charge on any atom is 0.261 e. The third-order valence-electron chi connectivity index (χ3n) is 5.47. The van der Waals surface area contributed by atoms with Gasteiger partial charge in [-0.25, -0.2) is 0 Å². The molecule has 3 aromatic carbocycles. The van der Waals surface area contributed by atoms with Gasteiger partial charge in [0.2, 0.25) is 5.91 Å². The molecule has 0 aromatic heterocycles. The van der Waals surface area contributed by atoms with Crippen molar-refractivity contribution in [3.05, 3.63) is 101 Å². The number of halogens is 1. The number of amides is 2. The van der Waals surface area contributed by atoms with E-state index >= 15 is 0 Å². The SMILES string of the molecule is CCCNC(=O)C(Cc1ccccc1)N(Cc1ccc(C)cc1)C(=O)COc1ccc(Cl)cc1. The van der Waals surface area contributed by atoms with E-state index in [4.69, 9.17) is 16.3 Å². The summed E-state index contributed by atoms with van der Waals surface area (Å²) in [4.78, 5) is 28.3. The van der Waals surface area contributed by atoms with E-state index in [2.05, 4.69) is 5.32 Å². The summed E-state index contributed by atoms with van der Waals surface area (Å²) in [7, 11) is 0. The van der Waals surface area contributed by atoms with Gasteiger partial charge in [0.25, 0.3) is 5.91 Å². The quantitative estimate of drug-likeness (QED) is 0.412. The molecule has 0 heterocycles. The Bertz CT molecular complexity index is 1050. The van der Waals surface area contributed by atoms with Gasteiger partial charge < -0.3 is 15.0 Å². The van der Waals surface area contributed by atoms with Gasteiger partial charge in [0.1, 0.15) is 11.8 Å². The minimum Gasteiger partial charge on any atom is -0.484 e. The molecule has 2 amide bonds. The summed E-state index contributed by atoms with van der Waals surface area (Å²) in [6, 6.07) is 23.9. The van der Waals surface area contributed by atoms with Crippen LogP contribution >= 0.6 is 11.6 Å². The summed E-state index contributed by atoms with van der Waals surface area (Å²) in [5.74, 6) is 0.115. The molecule has 0 spiro atoms. The van der Waals surface area contributed by atoms with E-state index in [-0.39, 0.29) is 18.4 Å².